The summed E-state index contributed by atoms with van der Waals surface area (Å²) in [5.74, 6) is 0.924. The predicted octanol–water partition coefficient (Wildman–Crippen LogP) is 3.66. The number of aromatic amines is 1. The average molecular weight is 389 g/mol. The molecule has 3 aromatic rings. The van der Waals surface area contributed by atoms with Crippen LogP contribution in [0.25, 0.3) is 22.5 Å². The summed E-state index contributed by atoms with van der Waals surface area (Å²) in [6.07, 6.45) is 1.99. The standard InChI is InChI=1S/C24H28N4O/c1-27-11-13-28(14-12-27)10-5-15-29-20-8-4-7-19(16-20)23-22-17-18-6-2-3-9-21(18)24(22)26-25-23/h2-4,6-9,16H,5,10-15,17H2,1H3,(H,25,26). The van der Waals surface area contributed by atoms with Gasteiger partial charge in [0, 0.05) is 55.8 Å². The first-order valence-corrected chi connectivity index (χ1v) is 10.6. The van der Waals surface area contributed by atoms with Crippen LogP contribution in [0.5, 0.6) is 5.75 Å². The number of fused-ring (bicyclic) bond motifs is 3. The number of rotatable bonds is 6. The van der Waals surface area contributed by atoms with Gasteiger partial charge in [-0.25, -0.2) is 0 Å². The molecule has 1 aromatic heterocycles. The van der Waals surface area contributed by atoms with Crippen LogP contribution in [-0.2, 0) is 6.42 Å². The van der Waals surface area contributed by atoms with Crippen LogP contribution >= 0.6 is 0 Å². The first-order chi connectivity index (χ1) is 14.3. The minimum absolute atomic E-state index is 0.750. The number of aromatic nitrogens is 2. The summed E-state index contributed by atoms with van der Waals surface area (Å²) in [6, 6.07) is 16.9. The lowest BCUT2D eigenvalue weighted by atomic mass is 10.1. The normalized spacial score (nSPS) is 16.6. The first kappa shape index (κ1) is 18.4. The zero-order chi connectivity index (χ0) is 19.6. The molecule has 2 heterocycles. The lowest BCUT2D eigenvalue weighted by Crippen LogP contribution is -2.44. The fourth-order valence-corrected chi connectivity index (χ4v) is 4.39. The van der Waals surface area contributed by atoms with Gasteiger partial charge in [-0.1, -0.05) is 36.4 Å². The summed E-state index contributed by atoms with van der Waals surface area (Å²) >= 11 is 0. The maximum absolute atomic E-state index is 6.06. The highest BCUT2D eigenvalue weighted by Crippen LogP contribution is 2.40. The van der Waals surface area contributed by atoms with Crippen LogP contribution in [0.15, 0.2) is 48.5 Å². The second kappa shape index (κ2) is 8.01. The predicted molar refractivity (Wildman–Crippen MR) is 116 cm³/mol. The highest BCUT2D eigenvalue weighted by Gasteiger charge is 2.24. The van der Waals surface area contributed by atoms with Crippen LogP contribution in [-0.4, -0.2) is 66.4 Å². The van der Waals surface area contributed by atoms with Crippen molar-refractivity contribution in [2.24, 2.45) is 0 Å². The molecule has 2 aliphatic rings. The van der Waals surface area contributed by atoms with E-state index in [0.29, 0.717) is 0 Å². The number of hydrogen-bond acceptors (Lipinski definition) is 4. The highest BCUT2D eigenvalue weighted by atomic mass is 16.5. The maximum atomic E-state index is 6.06. The molecule has 1 saturated heterocycles. The van der Waals surface area contributed by atoms with Gasteiger partial charge in [0.05, 0.1) is 18.0 Å². The molecule has 0 unspecified atom stereocenters. The minimum atomic E-state index is 0.750. The molecule has 0 spiro atoms. The molecule has 1 fully saturated rings. The van der Waals surface area contributed by atoms with E-state index in [2.05, 4.69) is 69.5 Å². The molecular formula is C24H28N4O. The SMILES string of the molecule is CN1CCN(CCCOc2cccc(-c3n[nH]c4c3Cc3ccccc3-4)c2)CC1. The molecule has 0 saturated carbocycles. The highest BCUT2D eigenvalue weighted by molar-refractivity contribution is 5.81. The van der Waals surface area contributed by atoms with Crippen LogP contribution in [0.4, 0.5) is 0 Å². The second-order valence-electron chi connectivity index (χ2n) is 8.13. The van der Waals surface area contributed by atoms with E-state index in [9.17, 15) is 0 Å². The van der Waals surface area contributed by atoms with Crippen molar-refractivity contribution in [2.75, 3.05) is 46.4 Å². The number of piperazine rings is 1. The van der Waals surface area contributed by atoms with Gasteiger partial charge in [-0.15, -0.1) is 0 Å². The summed E-state index contributed by atoms with van der Waals surface area (Å²) in [4.78, 5) is 4.92. The molecule has 5 rings (SSSR count). The van der Waals surface area contributed by atoms with E-state index in [0.717, 1.165) is 48.7 Å². The van der Waals surface area contributed by atoms with Gasteiger partial charge in [-0.05, 0) is 31.2 Å². The van der Waals surface area contributed by atoms with E-state index in [4.69, 9.17) is 4.74 Å². The smallest absolute Gasteiger partial charge is 0.119 e. The van der Waals surface area contributed by atoms with Crippen LogP contribution in [0.2, 0.25) is 0 Å². The fraction of sp³-hybridized carbons (Fsp3) is 0.375. The monoisotopic (exact) mass is 388 g/mol. The van der Waals surface area contributed by atoms with E-state index < -0.39 is 0 Å². The fourth-order valence-electron chi connectivity index (χ4n) is 4.39. The topological polar surface area (TPSA) is 44.4 Å². The van der Waals surface area contributed by atoms with Crippen molar-refractivity contribution in [3.8, 4) is 28.3 Å². The minimum Gasteiger partial charge on any atom is -0.494 e. The summed E-state index contributed by atoms with van der Waals surface area (Å²) < 4.78 is 6.06. The Hall–Kier alpha value is -2.63. The Morgan fingerprint density at radius 3 is 2.79 bits per heavy atom. The molecule has 0 radical (unpaired) electrons. The van der Waals surface area contributed by atoms with E-state index >= 15 is 0 Å². The zero-order valence-corrected chi connectivity index (χ0v) is 17.0. The molecule has 5 heteroatoms. The van der Waals surface area contributed by atoms with Gasteiger partial charge in [0.15, 0.2) is 0 Å². The molecule has 5 nitrogen and oxygen atoms in total. The van der Waals surface area contributed by atoms with Crippen molar-refractivity contribution in [3.63, 3.8) is 0 Å². The van der Waals surface area contributed by atoms with Crippen LogP contribution in [0.1, 0.15) is 17.5 Å². The Balaban J connectivity index is 1.22. The van der Waals surface area contributed by atoms with Gasteiger partial charge in [-0.3, -0.25) is 5.10 Å². The zero-order valence-electron chi connectivity index (χ0n) is 17.0. The van der Waals surface area contributed by atoms with Crippen molar-refractivity contribution in [3.05, 3.63) is 59.7 Å². The van der Waals surface area contributed by atoms with E-state index in [1.165, 1.54) is 42.9 Å². The molecule has 1 N–H and O–H groups in total. The molecule has 1 aliphatic heterocycles. The number of benzene rings is 2. The number of ether oxygens (including phenoxy) is 1. The van der Waals surface area contributed by atoms with E-state index in [-0.39, 0.29) is 0 Å². The first-order valence-electron chi connectivity index (χ1n) is 10.6. The molecule has 0 atom stereocenters. The summed E-state index contributed by atoms with van der Waals surface area (Å²) in [5.41, 5.74) is 7.25. The lowest BCUT2D eigenvalue weighted by Gasteiger charge is -2.32. The van der Waals surface area contributed by atoms with Crippen molar-refractivity contribution in [1.82, 2.24) is 20.0 Å². The Bertz CT molecular complexity index is 988. The molecule has 150 valence electrons. The van der Waals surface area contributed by atoms with Gasteiger partial charge in [0.2, 0.25) is 0 Å². The van der Waals surface area contributed by atoms with Crippen molar-refractivity contribution < 1.29 is 4.74 Å². The summed E-state index contributed by atoms with van der Waals surface area (Å²) in [6.45, 7) is 6.53. The largest absolute Gasteiger partial charge is 0.494 e. The number of nitrogens with zero attached hydrogens (tertiary/aromatic N) is 3. The van der Waals surface area contributed by atoms with Crippen LogP contribution < -0.4 is 4.74 Å². The molecular weight excluding hydrogens is 360 g/mol. The van der Waals surface area contributed by atoms with Gasteiger partial charge >= 0.3 is 0 Å². The third-order valence-electron chi connectivity index (χ3n) is 6.11. The summed E-state index contributed by atoms with van der Waals surface area (Å²) in [7, 11) is 2.20. The Morgan fingerprint density at radius 2 is 1.90 bits per heavy atom. The molecule has 0 amide bonds. The number of likely N-dealkylation sites (N-methyl/N-ethyl adjacent to an activating group) is 1. The summed E-state index contributed by atoms with van der Waals surface area (Å²) in [5, 5.41) is 7.87. The quantitative estimate of drug-likeness (QED) is 0.512. The van der Waals surface area contributed by atoms with Crippen molar-refractivity contribution in [1.29, 1.82) is 0 Å². The molecule has 0 bridgehead atoms. The Morgan fingerprint density at radius 1 is 1.03 bits per heavy atom. The van der Waals surface area contributed by atoms with Gasteiger partial charge < -0.3 is 14.5 Å². The molecule has 1 aliphatic carbocycles. The van der Waals surface area contributed by atoms with E-state index in [1.54, 1.807) is 0 Å². The second-order valence-corrected chi connectivity index (χ2v) is 8.13. The molecule has 2 aromatic carbocycles. The number of H-pyrrole nitrogens is 1. The van der Waals surface area contributed by atoms with Crippen molar-refractivity contribution in [2.45, 2.75) is 12.8 Å². The third kappa shape index (κ3) is 3.80. The third-order valence-corrected chi connectivity index (χ3v) is 6.11. The lowest BCUT2D eigenvalue weighted by molar-refractivity contribution is 0.145. The van der Waals surface area contributed by atoms with E-state index in [1.807, 2.05) is 6.07 Å². The number of nitrogens with one attached hydrogen (secondary N) is 1. The maximum Gasteiger partial charge on any atom is 0.119 e. The van der Waals surface area contributed by atoms with Crippen LogP contribution in [0.3, 0.4) is 0 Å². The van der Waals surface area contributed by atoms with Crippen LogP contribution in [0, 0.1) is 0 Å². The Labute approximate surface area is 172 Å². The van der Waals surface area contributed by atoms with Gasteiger partial charge in [0.25, 0.3) is 0 Å². The number of hydrogen-bond donors (Lipinski definition) is 1. The van der Waals surface area contributed by atoms with Gasteiger partial charge in [-0.2, -0.15) is 5.10 Å². The molecule has 29 heavy (non-hydrogen) atoms. The average Bonchev–Trinajstić information content (AvgIpc) is 3.32. The Kier molecular flexibility index (Phi) is 5.08. The van der Waals surface area contributed by atoms with Crippen molar-refractivity contribution >= 4 is 0 Å². The van der Waals surface area contributed by atoms with Gasteiger partial charge in [0.1, 0.15) is 5.75 Å².